The molecule has 2 heterocycles. The van der Waals surface area contributed by atoms with Gasteiger partial charge in [0.05, 0.1) is 11.3 Å². The number of hydrogen-bond donors (Lipinski definition) is 1. The van der Waals surface area contributed by atoms with Crippen molar-refractivity contribution in [2.45, 2.75) is 34.5 Å². The van der Waals surface area contributed by atoms with Crippen LogP contribution in [0.1, 0.15) is 30.9 Å². The van der Waals surface area contributed by atoms with Crippen LogP contribution < -0.4 is 0 Å². The van der Waals surface area contributed by atoms with E-state index in [1.54, 1.807) is 26.2 Å². The predicted octanol–water partition coefficient (Wildman–Crippen LogP) is 3.77. The van der Waals surface area contributed by atoms with E-state index in [9.17, 15) is 4.55 Å². The van der Waals surface area contributed by atoms with Crippen LogP contribution in [0.2, 0.25) is 0 Å². The minimum Gasteiger partial charge on any atom is -0.606 e. The van der Waals surface area contributed by atoms with Crippen molar-refractivity contribution >= 4 is 28.2 Å². The molecule has 3 rings (SSSR count). The van der Waals surface area contributed by atoms with Crippen molar-refractivity contribution in [2.75, 3.05) is 20.3 Å². The van der Waals surface area contributed by atoms with E-state index >= 15 is 0 Å². The summed E-state index contributed by atoms with van der Waals surface area (Å²) in [5, 5.41) is 14.1. The quantitative estimate of drug-likeness (QED) is 0.371. The largest absolute Gasteiger partial charge is 0.606 e. The molecule has 1 aliphatic rings. The average molecular weight is 380 g/mol. The Hall–Kier alpha value is -1.38. The van der Waals surface area contributed by atoms with E-state index in [1.807, 2.05) is 23.6 Å². The monoisotopic (exact) mass is 379 g/mol. The van der Waals surface area contributed by atoms with Crippen LogP contribution >= 0.6 is 11.3 Å². The van der Waals surface area contributed by atoms with Gasteiger partial charge in [0.25, 0.3) is 0 Å². The molecule has 1 aliphatic heterocycles. The van der Waals surface area contributed by atoms with E-state index in [2.05, 4.69) is 5.16 Å². The van der Waals surface area contributed by atoms with Crippen molar-refractivity contribution in [1.82, 2.24) is 0 Å². The fraction of sp³-hybridized carbons (Fsp3) is 0.389. The number of rotatable bonds is 5. The van der Waals surface area contributed by atoms with E-state index in [0.29, 0.717) is 18.9 Å². The Morgan fingerprint density at radius 3 is 2.60 bits per heavy atom. The summed E-state index contributed by atoms with van der Waals surface area (Å²) in [6, 6.07) is 9.22. The van der Waals surface area contributed by atoms with Crippen LogP contribution in [-0.2, 0) is 26.3 Å². The maximum atomic E-state index is 12.9. The Balaban J connectivity index is 1.81. The van der Waals surface area contributed by atoms with Crippen molar-refractivity contribution in [3.63, 3.8) is 0 Å². The lowest BCUT2D eigenvalue weighted by atomic mass is 9.88. The molecule has 0 aliphatic carbocycles. The lowest BCUT2D eigenvalue weighted by Crippen LogP contribution is -2.35. The molecular weight excluding hydrogens is 358 g/mol. The highest BCUT2D eigenvalue weighted by atomic mass is 32.2. The molecule has 1 aromatic heterocycles. The molecule has 1 unspecified atom stereocenters. The molecule has 2 aromatic rings. The molecule has 0 spiro atoms. The lowest BCUT2D eigenvalue weighted by Gasteiger charge is -2.35. The molecule has 1 aromatic carbocycles. The Kier molecular flexibility index (Phi) is 5.81. The van der Waals surface area contributed by atoms with Crippen LogP contribution in [0, 0.1) is 0 Å². The van der Waals surface area contributed by atoms with Crippen LogP contribution in [0.15, 0.2) is 50.0 Å². The number of methoxy groups -OCH3 is 1. The Bertz CT molecular complexity index is 736. The Morgan fingerprint density at radius 1 is 1.32 bits per heavy atom. The number of benzene rings is 1. The summed E-state index contributed by atoms with van der Waals surface area (Å²) >= 11 is 0.246. The molecule has 7 heteroatoms. The van der Waals surface area contributed by atoms with Crippen molar-refractivity contribution in [1.29, 1.82) is 0 Å². The van der Waals surface area contributed by atoms with Crippen LogP contribution in [0.5, 0.6) is 0 Å². The first-order valence-corrected chi connectivity index (χ1v) is 10.1. The van der Waals surface area contributed by atoms with Gasteiger partial charge in [0.2, 0.25) is 4.21 Å². The summed E-state index contributed by atoms with van der Waals surface area (Å²) in [6.45, 7) is 3.07. The highest BCUT2D eigenvalue weighted by Gasteiger charge is 2.36. The Morgan fingerprint density at radius 2 is 2.00 bits per heavy atom. The number of oxime groups is 1. The van der Waals surface area contributed by atoms with Crippen LogP contribution in [0.4, 0.5) is 0 Å². The van der Waals surface area contributed by atoms with Crippen molar-refractivity contribution in [2.24, 2.45) is 5.16 Å². The van der Waals surface area contributed by atoms with Gasteiger partial charge in [0, 0.05) is 55.8 Å². The van der Waals surface area contributed by atoms with Gasteiger partial charge < -0.3 is 19.2 Å². The van der Waals surface area contributed by atoms with E-state index < -0.39 is 11.2 Å². The zero-order valence-corrected chi connectivity index (χ0v) is 15.9. The summed E-state index contributed by atoms with van der Waals surface area (Å²) in [5.41, 5.74) is 2.06. The molecule has 0 saturated carbocycles. The molecule has 25 heavy (non-hydrogen) atoms. The van der Waals surface area contributed by atoms with E-state index in [-0.39, 0.29) is 5.60 Å². The summed E-state index contributed by atoms with van der Waals surface area (Å²) in [6.07, 6.45) is 1.61. The molecule has 0 amide bonds. The van der Waals surface area contributed by atoms with Crippen molar-refractivity contribution in [3.05, 3.63) is 46.8 Å². The highest BCUT2D eigenvalue weighted by Crippen LogP contribution is 2.39. The summed E-state index contributed by atoms with van der Waals surface area (Å²) in [4.78, 5) is 0.723. The average Bonchev–Trinajstić information content (AvgIpc) is 3.18. The van der Waals surface area contributed by atoms with Crippen LogP contribution in [0.25, 0.3) is 0 Å². The van der Waals surface area contributed by atoms with Crippen LogP contribution in [0.3, 0.4) is 0 Å². The summed E-state index contributed by atoms with van der Waals surface area (Å²) in [7, 11) is 1.73. The molecule has 134 valence electrons. The molecule has 1 atom stereocenters. The third-order valence-electron chi connectivity index (χ3n) is 4.61. The van der Waals surface area contributed by atoms with Crippen molar-refractivity contribution < 1.29 is 19.2 Å². The zero-order valence-electron chi connectivity index (χ0n) is 14.2. The number of ether oxygens (including phenoxy) is 2. The van der Waals surface area contributed by atoms with E-state index in [0.717, 1.165) is 33.1 Å². The third-order valence-corrected chi connectivity index (χ3v) is 7.26. The molecule has 1 N–H and O–H groups in total. The smallest absolute Gasteiger partial charge is 0.212 e. The lowest BCUT2D eigenvalue weighted by molar-refractivity contribution is -0.0946. The van der Waals surface area contributed by atoms with Gasteiger partial charge in [-0.1, -0.05) is 16.5 Å². The summed E-state index contributed by atoms with van der Waals surface area (Å²) < 4.78 is 24.9. The topological polar surface area (TPSA) is 74.1 Å². The predicted molar refractivity (Wildman–Crippen MR) is 98.2 cm³/mol. The van der Waals surface area contributed by atoms with E-state index in [4.69, 9.17) is 14.7 Å². The highest BCUT2D eigenvalue weighted by molar-refractivity contribution is 7.93. The van der Waals surface area contributed by atoms with Gasteiger partial charge in [0.1, 0.15) is 0 Å². The first kappa shape index (κ1) is 18.4. The van der Waals surface area contributed by atoms with Crippen LogP contribution in [-0.4, -0.2) is 35.8 Å². The van der Waals surface area contributed by atoms with Gasteiger partial charge in [0.15, 0.2) is 4.90 Å². The first-order chi connectivity index (χ1) is 12.1. The normalized spacial score (nSPS) is 18.9. The molecular formula is C18H21NO4S2. The number of thiophene rings is 1. The van der Waals surface area contributed by atoms with Gasteiger partial charge in [-0.3, -0.25) is 0 Å². The van der Waals surface area contributed by atoms with Crippen molar-refractivity contribution in [3.8, 4) is 0 Å². The Labute approximate surface area is 154 Å². The maximum absolute atomic E-state index is 12.9. The van der Waals surface area contributed by atoms with Gasteiger partial charge in [-0.2, -0.15) is 0 Å². The molecule has 0 bridgehead atoms. The summed E-state index contributed by atoms with van der Waals surface area (Å²) in [5.74, 6) is 0. The number of hydrogen-bond acceptors (Lipinski definition) is 6. The molecule has 1 fully saturated rings. The van der Waals surface area contributed by atoms with E-state index in [1.165, 1.54) is 11.3 Å². The molecule has 0 radical (unpaired) electrons. The first-order valence-electron chi connectivity index (χ1n) is 8.02. The molecule has 5 nitrogen and oxygen atoms in total. The standard InChI is InChI=1S/C18H21NO4S2/c1-13(19-20)14-3-5-16(6-4-14)25(21)17-11-15(12-24-17)18(22-2)7-9-23-10-8-18/h3-6,11-12,20H,7-10H2,1-2H3/b19-13+. The fourth-order valence-electron chi connectivity index (χ4n) is 2.96. The third kappa shape index (κ3) is 3.75. The van der Waals surface area contributed by atoms with Gasteiger partial charge in [-0.15, -0.1) is 0 Å². The van der Waals surface area contributed by atoms with Gasteiger partial charge in [-0.05, 0) is 42.3 Å². The van der Waals surface area contributed by atoms with Gasteiger partial charge in [-0.25, -0.2) is 0 Å². The minimum absolute atomic E-state index is 0.338. The number of nitrogens with zero attached hydrogens (tertiary/aromatic N) is 1. The zero-order chi connectivity index (χ0) is 17.9. The maximum Gasteiger partial charge on any atom is 0.212 e. The second-order valence-electron chi connectivity index (χ2n) is 5.94. The minimum atomic E-state index is -1.24. The SMILES string of the molecule is COC1(c2csc([S+]([O-])c3ccc(/C(C)=N/O)cc3)c2)CCOCC1. The molecule has 1 saturated heterocycles. The second-order valence-corrected chi connectivity index (χ2v) is 8.56. The van der Waals surface area contributed by atoms with Gasteiger partial charge >= 0.3 is 0 Å². The second kappa shape index (κ2) is 7.88. The fourth-order valence-corrected chi connectivity index (χ4v) is 5.31.